The van der Waals surface area contributed by atoms with Crippen LogP contribution in [0, 0.1) is 0 Å². The van der Waals surface area contributed by atoms with E-state index in [1.165, 1.54) is 11.6 Å². The maximum Gasteiger partial charge on any atom is 0.157 e. The number of halogens is 1. The Balaban J connectivity index is 0.00000288. The highest BCUT2D eigenvalue weighted by Crippen LogP contribution is 2.24. The van der Waals surface area contributed by atoms with E-state index in [9.17, 15) is 10.2 Å². The molecule has 0 amide bonds. The third-order valence-electron chi connectivity index (χ3n) is 3.97. The fourth-order valence-electron chi connectivity index (χ4n) is 2.46. The van der Waals surface area contributed by atoms with Gasteiger partial charge in [-0.15, -0.1) is 12.4 Å². The van der Waals surface area contributed by atoms with Gasteiger partial charge < -0.3 is 20.3 Å². The first-order valence-corrected chi connectivity index (χ1v) is 7.95. The van der Waals surface area contributed by atoms with E-state index < -0.39 is 0 Å². The van der Waals surface area contributed by atoms with E-state index in [4.69, 9.17) is 4.74 Å². The first kappa shape index (κ1) is 20.1. The maximum absolute atomic E-state index is 9.48. The summed E-state index contributed by atoms with van der Waals surface area (Å²) in [5, 5.41) is 22.3. The van der Waals surface area contributed by atoms with Crippen LogP contribution in [0.1, 0.15) is 24.5 Å². The van der Waals surface area contributed by atoms with Crippen molar-refractivity contribution in [3.05, 3.63) is 53.6 Å². The van der Waals surface area contributed by atoms with Crippen LogP contribution < -0.4 is 10.1 Å². The average Bonchev–Trinajstić information content (AvgIpc) is 2.56. The summed E-state index contributed by atoms with van der Waals surface area (Å²) in [7, 11) is 1.68. The van der Waals surface area contributed by atoms with Crippen LogP contribution in [0.2, 0.25) is 0 Å². The van der Waals surface area contributed by atoms with Crippen molar-refractivity contribution in [3.8, 4) is 17.2 Å². The van der Waals surface area contributed by atoms with Crippen molar-refractivity contribution in [2.24, 2.45) is 0 Å². The van der Waals surface area contributed by atoms with Gasteiger partial charge in [-0.2, -0.15) is 0 Å². The smallest absolute Gasteiger partial charge is 0.157 e. The molecular formula is C19H26ClNO3. The average molecular weight is 352 g/mol. The third kappa shape index (κ3) is 6.30. The lowest BCUT2D eigenvalue weighted by Crippen LogP contribution is -2.28. The fourth-order valence-corrected chi connectivity index (χ4v) is 2.46. The molecule has 132 valence electrons. The van der Waals surface area contributed by atoms with Gasteiger partial charge in [0.2, 0.25) is 0 Å². The normalized spacial score (nSPS) is 11.6. The van der Waals surface area contributed by atoms with Gasteiger partial charge in [0.25, 0.3) is 0 Å². The maximum atomic E-state index is 9.48. The Kier molecular flexibility index (Phi) is 8.44. The van der Waals surface area contributed by atoms with Crippen molar-refractivity contribution < 1.29 is 14.9 Å². The molecule has 0 aliphatic carbocycles. The highest BCUT2D eigenvalue weighted by Gasteiger charge is 2.04. The molecule has 1 unspecified atom stereocenters. The zero-order valence-electron chi connectivity index (χ0n) is 14.2. The monoisotopic (exact) mass is 351 g/mol. The van der Waals surface area contributed by atoms with Gasteiger partial charge >= 0.3 is 0 Å². The summed E-state index contributed by atoms with van der Waals surface area (Å²) in [6.45, 7) is 3.02. The van der Waals surface area contributed by atoms with Crippen LogP contribution in [0.25, 0.3) is 0 Å². The van der Waals surface area contributed by atoms with E-state index in [1.54, 1.807) is 13.2 Å². The fraction of sp³-hybridized carbons (Fsp3) is 0.368. The van der Waals surface area contributed by atoms with Crippen LogP contribution in [0.5, 0.6) is 17.2 Å². The molecular weight excluding hydrogens is 326 g/mol. The van der Waals surface area contributed by atoms with E-state index in [2.05, 4.69) is 24.4 Å². The van der Waals surface area contributed by atoms with Crippen molar-refractivity contribution in [1.29, 1.82) is 0 Å². The summed E-state index contributed by atoms with van der Waals surface area (Å²) >= 11 is 0. The summed E-state index contributed by atoms with van der Waals surface area (Å²) in [6.07, 6.45) is 2.91. The minimum atomic E-state index is -0.0745. The molecule has 0 aliphatic rings. The summed E-state index contributed by atoms with van der Waals surface area (Å²) in [5.74, 6) is 0.752. The van der Waals surface area contributed by atoms with Gasteiger partial charge in [0.1, 0.15) is 5.75 Å². The van der Waals surface area contributed by atoms with Crippen LogP contribution in [-0.2, 0) is 12.8 Å². The van der Waals surface area contributed by atoms with Gasteiger partial charge in [-0.1, -0.05) is 18.2 Å². The predicted octanol–water partition coefficient (Wildman–Crippen LogP) is 3.68. The molecule has 0 spiro atoms. The molecule has 2 rings (SSSR count). The Morgan fingerprint density at radius 3 is 2.25 bits per heavy atom. The molecule has 5 heteroatoms. The molecule has 0 aliphatic heterocycles. The minimum absolute atomic E-state index is 0. The molecule has 0 fully saturated rings. The van der Waals surface area contributed by atoms with Gasteiger partial charge in [-0.3, -0.25) is 0 Å². The number of aryl methyl sites for hydroxylation is 1. The zero-order chi connectivity index (χ0) is 16.7. The summed E-state index contributed by atoms with van der Waals surface area (Å²) in [5.41, 5.74) is 2.32. The second kappa shape index (κ2) is 10.1. The van der Waals surface area contributed by atoms with Crippen LogP contribution >= 0.6 is 12.4 Å². The van der Waals surface area contributed by atoms with Gasteiger partial charge in [0.15, 0.2) is 11.5 Å². The second-order valence-electron chi connectivity index (χ2n) is 5.81. The molecule has 2 aromatic rings. The lowest BCUT2D eigenvalue weighted by Gasteiger charge is -2.14. The van der Waals surface area contributed by atoms with Crippen LogP contribution in [0.15, 0.2) is 42.5 Å². The van der Waals surface area contributed by atoms with Crippen LogP contribution in [-0.4, -0.2) is 29.9 Å². The van der Waals surface area contributed by atoms with E-state index in [0.717, 1.165) is 37.1 Å². The second-order valence-corrected chi connectivity index (χ2v) is 5.81. The predicted molar refractivity (Wildman–Crippen MR) is 99.5 cm³/mol. The highest BCUT2D eigenvalue weighted by molar-refractivity contribution is 5.85. The number of phenols is 2. The Hall–Kier alpha value is -1.91. The number of rotatable bonds is 8. The first-order chi connectivity index (χ1) is 11.1. The lowest BCUT2D eigenvalue weighted by atomic mass is 10.1. The highest BCUT2D eigenvalue weighted by atomic mass is 35.5. The third-order valence-corrected chi connectivity index (χ3v) is 3.97. The summed E-state index contributed by atoms with van der Waals surface area (Å²) in [4.78, 5) is 0. The molecule has 1 atom stereocenters. The Morgan fingerprint density at radius 2 is 1.62 bits per heavy atom. The molecule has 0 aromatic heterocycles. The van der Waals surface area contributed by atoms with Crippen molar-refractivity contribution in [3.63, 3.8) is 0 Å². The van der Waals surface area contributed by atoms with Crippen LogP contribution in [0.3, 0.4) is 0 Å². The van der Waals surface area contributed by atoms with E-state index in [-0.39, 0.29) is 23.9 Å². The number of aromatic hydroxyl groups is 2. The van der Waals surface area contributed by atoms with Crippen molar-refractivity contribution in [2.75, 3.05) is 13.7 Å². The number of hydrogen-bond acceptors (Lipinski definition) is 4. The Morgan fingerprint density at radius 1 is 0.958 bits per heavy atom. The number of hydrogen-bond donors (Lipinski definition) is 3. The Labute approximate surface area is 149 Å². The molecule has 0 saturated heterocycles. The number of ether oxygens (including phenoxy) is 1. The SMILES string of the molecule is COc1ccc(CCC(C)NCCc2ccc(O)c(O)c2)cc1.Cl. The first-order valence-electron chi connectivity index (χ1n) is 7.95. The number of nitrogens with one attached hydrogen (secondary N) is 1. The van der Waals surface area contributed by atoms with E-state index in [1.807, 2.05) is 18.2 Å². The molecule has 24 heavy (non-hydrogen) atoms. The van der Waals surface area contributed by atoms with Gasteiger partial charge in [-0.05, 0) is 68.1 Å². The number of methoxy groups -OCH3 is 1. The molecule has 0 heterocycles. The van der Waals surface area contributed by atoms with Crippen LogP contribution in [0.4, 0.5) is 0 Å². The quantitative estimate of drug-likeness (QED) is 0.635. The van der Waals surface area contributed by atoms with E-state index in [0.29, 0.717) is 6.04 Å². The largest absolute Gasteiger partial charge is 0.504 e. The molecule has 0 radical (unpaired) electrons. The summed E-state index contributed by atoms with van der Waals surface area (Å²) < 4.78 is 5.16. The van der Waals surface area contributed by atoms with E-state index >= 15 is 0 Å². The minimum Gasteiger partial charge on any atom is -0.504 e. The van der Waals surface area contributed by atoms with Gasteiger partial charge in [0, 0.05) is 6.04 Å². The molecule has 0 saturated carbocycles. The zero-order valence-corrected chi connectivity index (χ0v) is 15.0. The molecule has 2 aromatic carbocycles. The van der Waals surface area contributed by atoms with Gasteiger partial charge in [0.05, 0.1) is 7.11 Å². The van der Waals surface area contributed by atoms with Crippen molar-refractivity contribution in [2.45, 2.75) is 32.2 Å². The van der Waals surface area contributed by atoms with Crippen molar-refractivity contribution in [1.82, 2.24) is 5.32 Å². The molecule has 3 N–H and O–H groups in total. The lowest BCUT2D eigenvalue weighted by molar-refractivity contribution is 0.403. The number of phenolic OH excluding ortho intramolecular Hbond substituents is 2. The topological polar surface area (TPSA) is 61.7 Å². The standard InChI is InChI=1S/C19H25NO3.ClH/c1-14(3-4-15-5-8-17(23-2)9-6-15)20-12-11-16-7-10-18(21)19(22)13-16;/h5-10,13-14,20-22H,3-4,11-12H2,1-2H3;1H. The van der Waals surface area contributed by atoms with Gasteiger partial charge in [-0.25, -0.2) is 0 Å². The molecule has 0 bridgehead atoms. The Bertz CT molecular complexity index is 617. The van der Waals surface area contributed by atoms with Crippen molar-refractivity contribution >= 4 is 12.4 Å². The number of benzene rings is 2. The molecule has 4 nitrogen and oxygen atoms in total. The summed E-state index contributed by atoms with van der Waals surface area (Å²) in [6, 6.07) is 13.6.